The molecule has 1 aliphatic heterocycles. The minimum atomic E-state index is 0.121. The maximum absolute atomic E-state index is 11.5. The summed E-state index contributed by atoms with van der Waals surface area (Å²) < 4.78 is 5.30. The molecule has 1 fully saturated rings. The molecule has 0 atom stereocenters. The SMILES string of the molecule is C=C(C)COCCNC(=O)CCN1CCCC1. The molecule has 1 heterocycles. The zero-order valence-electron chi connectivity index (χ0n) is 10.8. The number of ether oxygens (including phenoxy) is 1. The van der Waals surface area contributed by atoms with E-state index in [9.17, 15) is 4.79 Å². The first-order valence-corrected chi connectivity index (χ1v) is 6.39. The third kappa shape index (κ3) is 7.13. The Morgan fingerprint density at radius 3 is 2.76 bits per heavy atom. The van der Waals surface area contributed by atoms with Crippen molar-refractivity contribution in [3.8, 4) is 0 Å². The van der Waals surface area contributed by atoms with Crippen LogP contribution in [0, 0.1) is 0 Å². The molecule has 1 rings (SSSR count). The van der Waals surface area contributed by atoms with Crippen LogP contribution in [0.4, 0.5) is 0 Å². The van der Waals surface area contributed by atoms with Gasteiger partial charge >= 0.3 is 0 Å². The van der Waals surface area contributed by atoms with Crippen LogP contribution in [0.15, 0.2) is 12.2 Å². The first-order chi connectivity index (χ1) is 8.18. The van der Waals surface area contributed by atoms with E-state index in [1.807, 2.05) is 6.92 Å². The second kappa shape index (κ2) is 8.25. The molecule has 1 aliphatic rings. The molecule has 0 aliphatic carbocycles. The van der Waals surface area contributed by atoms with Gasteiger partial charge in [0, 0.05) is 19.5 Å². The van der Waals surface area contributed by atoms with Crippen molar-refractivity contribution in [2.75, 3.05) is 39.4 Å². The van der Waals surface area contributed by atoms with E-state index < -0.39 is 0 Å². The fourth-order valence-electron chi connectivity index (χ4n) is 1.86. The van der Waals surface area contributed by atoms with Crippen molar-refractivity contribution in [2.45, 2.75) is 26.2 Å². The highest BCUT2D eigenvalue weighted by Crippen LogP contribution is 2.06. The number of hydrogen-bond acceptors (Lipinski definition) is 3. The maximum atomic E-state index is 11.5. The van der Waals surface area contributed by atoms with Crippen LogP contribution < -0.4 is 5.32 Å². The van der Waals surface area contributed by atoms with E-state index in [0.717, 1.165) is 25.2 Å². The third-order valence-corrected chi connectivity index (χ3v) is 2.77. The van der Waals surface area contributed by atoms with Gasteiger partial charge in [0.2, 0.25) is 5.91 Å². The van der Waals surface area contributed by atoms with Gasteiger partial charge in [0.1, 0.15) is 0 Å². The summed E-state index contributed by atoms with van der Waals surface area (Å²) in [5, 5.41) is 2.86. The van der Waals surface area contributed by atoms with E-state index >= 15 is 0 Å². The lowest BCUT2D eigenvalue weighted by Crippen LogP contribution is -2.31. The minimum absolute atomic E-state index is 0.121. The number of amides is 1. The number of likely N-dealkylation sites (tertiary alicyclic amines) is 1. The maximum Gasteiger partial charge on any atom is 0.221 e. The molecule has 1 amide bonds. The fourth-order valence-corrected chi connectivity index (χ4v) is 1.86. The molecular formula is C13H24N2O2. The summed E-state index contributed by atoms with van der Waals surface area (Å²) in [6, 6.07) is 0. The van der Waals surface area contributed by atoms with E-state index in [-0.39, 0.29) is 5.91 Å². The molecule has 0 unspecified atom stereocenters. The molecule has 1 N–H and O–H groups in total. The number of carbonyl (C=O) groups is 1. The summed E-state index contributed by atoms with van der Waals surface area (Å²) in [6.07, 6.45) is 3.15. The monoisotopic (exact) mass is 240 g/mol. The van der Waals surface area contributed by atoms with Crippen LogP contribution in [-0.2, 0) is 9.53 Å². The van der Waals surface area contributed by atoms with Gasteiger partial charge in [-0.25, -0.2) is 0 Å². The molecule has 0 saturated carbocycles. The zero-order chi connectivity index (χ0) is 12.5. The highest BCUT2D eigenvalue weighted by Gasteiger charge is 2.12. The lowest BCUT2D eigenvalue weighted by molar-refractivity contribution is -0.121. The van der Waals surface area contributed by atoms with Crippen LogP contribution in [0.1, 0.15) is 26.2 Å². The molecule has 98 valence electrons. The first kappa shape index (κ1) is 14.2. The van der Waals surface area contributed by atoms with E-state index in [0.29, 0.717) is 26.2 Å². The molecule has 0 aromatic rings. The van der Waals surface area contributed by atoms with Crippen LogP contribution in [-0.4, -0.2) is 50.2 Å². The van der Waals surface area contributed by atoms with Crippen molar-refractivity contribution in [2.24, 2.45) is 0 Å². The highest BCUT2D eigenvalue weighted by molar-refractivity contribution is 5.76. The molecular weight excluding hydrogens is 216 g/mol. The van der Waals surface area contributed by atoms with Crippen molar-refractivity contribution in [3.05, 3.63) is 12.2 Å². The number of carbonyl (C=O) groups excluding carboxylic acids is 1. The smallest absolute Gasteiger partial charge is 0.221 e. The van der Waals surface area contributed by atoms with Crippen LogP contribution in [0.3, 0.4) is 0 Å². The summed E-state index contributed by atoms with van der Waals surface area (Å²) in [6.45, 7) is 10.6. The molecule has 0 radical (unpaired) electrons. The predicted molar refractivity (Wildman–Crippen MR) is 68.9 cm³/mol. The molecule has 4 heteroatoms. The lowest BCUT2D eigenvalue weighted by Gasteiger charge is -2.13. The standard InChI is InChI=1S/C13H24N2O2/c1-12(2)11-17-10-6-14-13(16)5-9-15-7-3-4-8-15/h1,3-11H2,2H3,(H,14,16). The van der Waals surface area contributed by atoms with Gasteiger partial charge in [-0.15, -0.1) is 0 Å². The van der Waals surface area contributed by atoms with E-state index in [1.165, 1.54) is 12.8 Å². The average molecular weight is 240 g/mol. The van der Waals surface area contributed by atoms with Gasteiger partial charge in [0.05, 0.1) is 13.2 Å². The Morgan fingerprint density at radius 1 is 1.41 bits per heavy atom. The molecule has 0 spiro atoms. The molecule has 4 nitrogen and oxygen atoms in total. The Bertz CT molecular complexity index is 248. The number of nitrogens with one attached hydrogen (secondary N) is 1. The lowest BCUT2D eigenvalue weighted by atomic mass is 10.3. The Balaban J connectivity index is 1.92. The van der Waals surface area contributed by atoms with Gasteiger partial charge in [0.25, 0.3) is 0 Å². The van der Waals surface area contributed by atoms with Crippen LogP contribution >= 0.6 is 0 Å². The number of rotatable bonds is 8. The quantitative estimate of drug-likeness (QED) is 0.512. The second-order valence-corrected chi connectivity index (χ2v) is 4.66. The van der Waals surface area contributed by atoms with E-state index in [2.05, 4.69) is 16.8 Å². The molecule has 17 heavy (non-hydrogen) atoms. The predicted octanol–water partition coefficient (Wildman–Crippen LogP) is 1.18. The second-order valence-electron chi connectivity index (χ2n) is 4.66. The number of hydrogen-bond donors (Lipinski definition) is 1. The van der Waals surface area contributed by atoms with Gasteiger partial charge in [-0.3, -0.25) is 4.79 Å². The molecule has 0 aromatic carbocycles. The van der Waals surface area contributed by atoms with Gasteiger partial charge in [-0.2, -0.15) is 0 Å². The van der Waals surface area contributed by atoms with Gasteiger partial charge < -0.3 is 15.0 Å². The third-order valence-electron chi connectivity index (χ3n) is 2.77. The first-order valence-electron chi connectivity index (χ1n) is 6.39. The number of nitrogens with zero attached hydrogens (tertiary/aromatic N) is 1. The van der Waals surface area contributed by atoms with Crippen molar-refractivity contribution >= 4 is 5.91 Å². The van der Waals surface area contributed by atoms with Crippen molar-refractivity contribution in [1.82, 2.24) is 10.2 Å². The Kier molecular flexibility index (Phi) is 6.89. The van der Waals surface area contributed by atoms with Crippen molar-refractivity contribution < 1.29 is 9.53 Å². The summed E-state index contributed by atoms with van der Waals surface area (Å²) in [4.78, 5) is 13.8. The summed E-state index contributed by atoms with van der Waals surface area (Å²) in [5.41, 5.74) is 1.00. The topological polar surface area (TPSA) is 41.6 Å². The highest BCUT2D eigenvalue weighted by atomic mass is 16.5. The molecule has 0 aromatic heterocycles. The average Bonchev–Trinajstić information content (AvgIpc) is 2.78. The van der Waals surface area contributed by atoms with Crippen molar-refractivity contribution in [3.63, 3.8) is 0 Å². The van der Waals surface area contributed by atoms with Crippen LogP contribution in [0.25, 0.3) is 0 Å². The van der Waals surface area contributed by atoms with Crippen molar-refractivity contribution in [1.29, 1.82) is 0 Å². The van der Waals surface area contributed by atoms with E-state index in [1.54, 1.807) is 0 Å². The molecule has 0 bridgehead atoms. The minimum Gasteiger partial charge on any atom is -0.375 e. The normalized spacial score (nSPS) is 16.1. The van der Waals surface area contributed by atoms with Crippen LogP contribution in [0.5, 0.6) is 0 Å². The summed E-state index contributed by atoms with van der Waals surface area (Å²) in [7, 11) is 0. The largest absolute Gasteiger partial charge is 0.375 e. The Hall–Kier alpha value is -0.870. The van der Waals surface area contributed by atoms with Gasteiger partial charge in [-0.05, 0) is 32.9 Å². The zero-order valence-corrected chi connectivity index (χ0v) is 10.8. The Morgan fingerprint density at radius 2 is 2.12 bits per heavy atom. The van der Waals surface area contributed by atoms with Crippen LogP contribution in [0.2, 0.25) is 0 Å². The summed E-state index contributed by atoms with van der Waals surface area (Å²) >= 11 is 0. The molecule has 1 saturated heterocycles. The summed E-state index contributed by atoms with van der Waals surface area (Å²) in [5.74, 6) is 0.121. The fraction of sp³-hybridized carbons (Fsp3) is 0.769. The van der Waals surface area contributed by atoms with Gasteiger partial charge in [0.15, 0.2) is 0 Å². The van der Waals surface area contributed by atoms with E-state index in [4.69, 9.17) is 4.74 Å². The Labute approximate surface area is 104 Å². The van der Waals surface area contributed by atoms with Gasteiger partial charge in [-0.1, -0.05) is 12.2 Å².